The van der Waals surface area contributed by atoms with Gasteiger partial charge < -0.3 is 0 Å². The van der Waals surface area contributed by atoms with Crippen molar-refractivity contribution in [3.8, 4) is 0 Å². The summed E-state index contributed by atoms with van der Waals surface area (Å²) in [6.45, 7) is 2.79. The van der Waals surface area contributed by atoms with Gasteiger partial charge in [0.1, 0.15) is 0 Å². The molecule has 0 N–H and O–H groups in total. The van der Waals surface area contributed by atoms with Gasteiger partial charge >= 0.3 is 0 Å². The largest absolute Gasteiger partial charge is 0.268 e. The van der Waals surface area contributed by atoms with Crippen molar-refractivity contribution >= 4 is 0 Å². The van der Waals surface area contributed by atoms with Gasteiger partial charge in [0, 0.05) is 0 Å². The molecule has 0 aliphatic rings. The summed E-state index contributed by atoms with van der Waals surface area (Å²) in [7, 11) is 0. The zero-order valence-electron chi connectivity index (χ0n) is 18.2. The summed E-state index contributed by atoms with van der Waals surface area (Å²) in [5.74, 6) is 0. The highest BCUT2D eigenvalue weighted by atomic mass is 15.7. The van der Waals surface area contributed by atoms with Crippen molar-refractivity contribution in [2.24, 2.45) is 10.4 Å². The molecular weight excluding hydrogens is 392 g/mol. The molecule has 4 heteroatoms. The summed E-state index contributed by atoms with van der Waals surface area (Å²) < 4.78 is 0. The molecule has 0 amide bonds. The van der Waals surface area contributed by atoms with E-state index in [0.717, 1.165) is 0 Å². The molecule has 0 heterocycles. The average Bonchev–Trinajstić information content (AvgIpc) is 2.85. The Labute approximate surface area is 190 Å². The molecule has 160 valence electrons. The number of hydrogen-bond donors (Lipinski definition) is 0. The zero-order chi connectivity index (χ0) is 21.8. The highest BCUT2D eigenvalue weighted by molar-refractivity contribution is 5.18. The summed E-state index contributed by atoms with van der Waals surface area (Å²) in [5, 5.41) is 13.4. The molecular formula is C28H28N4. The summed E-state index contributed by atoms with van der Waals surface area (Å²) >= 11 is 0. The fourth-order valence-corrected chi connectivity index (χ4v) is 3.53. The molecule has 0 atom stereocenters. The van der Waals surface area contributed by atoms with E-state index in [0.29, 0.717) is 26.2 Å². The van der Waals surface area contributed by atoms with Gasteiger partial charge in [0.25, 0.3) is 0 Å². The molecule has 4 nitrogen and oxygen atoms in total. The van der Waals surface area contributed by atoms with Gasteiger partial charge in [0.2, 0.25) is 0 Å². The maximum absolute atomic E-state index is 4.69. The van der Waals surface area contributed by atoms with Gasteiger partial charge in [0.05, 0.1) is 26.2 Å². The van der Waals surface area contributed by atoms with E-state index in [1.165, 1.54) is 22.3 Å². The molecule has 32 heavy (non-hydrogen) atoms. The second kappa shape index (κ2) is 11.5. The van der Waals surface area contributed by atoms with Crippen LogP contribution in [-0.4, -0.2) is 10.0 Å². The summed E-state index contributed by atoms with van der Waals surface area (Å²) in [4.78, 5) is 0. The van der Waals surface area contributed by atoms with Crippen LogP contribution in [0.2, 0.25) is 0 Å². The van der Waals surface area contributed by atoms with Gasteiger partial charge in [-0.2, -0.15) is 0 Å². The van der Waals surface area contributed by atoms with E-state index in [9.17, 15) is 0 Å². The Morgan fingerprint density at radius 1 is 0.344 bits per heavy atom. The van der Waals surface area contributed by atoms with Gasteiger partial charge in [0.15, 0.2) is 0 Å². The van der Waals surface area contributed by atoms with E-state index < -0.39 is 0 Å². The van der Waals surface area contributed by atoms with E-state index in [2.05, 4.69) is 97.1 Å². The third kappa shape index (κ3) is 6.81. The lowest BCUT2D eigenvalue weighted by Crippen LogP contribution is -2.20. The minimum Gasteiger partial charge on any atom is -0.268 e. The lowest BCUT2D eigenvalue weighted by molar-refractivity contribution is 0.176. The Morgan fingerprint density at radius 3 is 0.781 bits per heavy atom. The van der Waals surface area contributed by atoms with Crippen LogP contribution in [0, 0.1) is 0 Å². The molecule has 0 aromatic heterocycles. The van der Waals surface area contributed by atoms with E-state index in [1.54, 1.807) is 0 Å². The summed E-state index contributed by atoms with van der Waals surface area (Å²) in [6.07, 6.45) is 0. The molecule has 0 saturated carbocycles. The fourth-order valence-electron chi connectivity index (χ4n) is 3.53. The van der Waals surface area contributed by atoms with E-state index in [1.807, 2.05) is 34.3 Å². The maximum atomic E-state index is 4.69. The number of hydrogen-bond acceptors (Lipinski definition) is 2. The Balaban J connectivity index is 1.54. The van der Waals surface area contributed by atoms with Crippen molar-refractivity contribution < 1.29 is 0 Å². The number of rotatable bonds is 10. The molecule has 0 saturated heterocycles. The molecule has 4 rings (SSSR count). The van der Waals surface area contributed by atoms with Crippen molar-refractivity contribution in [3.05, 3.63) is 144 Å². The predicted molar refractivity (Wildman–Crippen MR) is 129 cm³/mol. The Bertz CT molecular complexity index is 895. The summed E-state index contributed by atoms with van der Waals surface area (Å²) in [5.41, 5.74) is 4.83. The molecule has 0 unspecified atom stereocenters. The first kappa shape index (κ1) is 21.3. The van der Waals surface area contributed by atoms with Gasteiger partial charge in [-0.1, -0.05) is 132 Å². The van der Waals surface area contributed by atoms with Crippen LogP contribution in [0.25, 0.3) is 0 Å². The standard InChI is InChI=1S/C28H28N4/c1-5-13-25(14-6-1)21-31(22-26-15-7-2-8-16-26)29-30-32(23-27-17-9-3-10-18-27)24-28-19-11-4-12-20-28/h1-20H,21-24H2. The molecule has 4 aromatic rings. The zero-order valence-corrected chi connectivity index (χ0v) is 18.2. The van der Waals surface area contributed by atoms with Gasteiger partial charge in [-0.3, -0.25) is 10.0 Å². The van der Waals surface area contributed by atoms with Crippen LogP contribution in [0.15, 0.2) is 132 Å². The maximum Gasteiger partial charge on any atom is 0.0632 e. The molecule has 0 aliphatic carbocycles. The molecule has 0 bridgehead atoms. The van der Waals surface area contributed by atoms with E-state index >= 15 is 0 Å². The molecule has 0 fully saturated rings. The van der Waals surface area contributed by atoms with Gasteiger partial charge in [-0.05, 0) is 22.3 Å². The second-order valence-corrected chi connectivity index (χ2v) is 7.77. The Kier molecular flexibility index (Phi) is 7.64. The van der Waals surface area contributed by atoms with Crippen molar-refractivity contribution in [3.63, 3.8) is 0 Å². The number of nitrogens with zero attached hydrogens (tertiary/aromatic N) is 4. The van der Waals surface area contributed by atoms with Gasteiger partial charge in [-0.15, -0.1) is 0 Å². The molecule has 4 aromatic carbocycles. The lowest BCUT2D eigenvalue weighted by atomic mass is 10.2. The van der Waals surface area contributed by atoms with Crippen LogP contribution in [0.3, 0.4) is 0 Å². The predicted octanol–water partition coefficient (Wildman–Crippen LogP) is 6.67. The van der Waals surface area contributed by atoms with E-state index in [-0.39, 0.29) is 0 Å². The van der Waals surface area contributed by atoms with Crippen LogP contribution < -0.4 is 0 Å². The fraction of sp³-hybridized carbons (Fsp3) is 0.143. The third-order valence-corrected chi connectivity index (χ3v) is 5.12. The van der Waals surface area contributed by atoms with Crippen molar-refractivity contribution in [1.29, 1.82) is 0 Å². The second-order valence-electron chi connectivity index (χ2n) is 7.77. The minimum absolute atomic E-state index is 0.698. The average molecular weight is 421 g/mol. The van der Waals surface area contributed by atoms with Crippen molar-refractivity contribution in [2.45, 2.75) is 26.2 Å². The highest BCUT2D eigenvalue weighted by Gasteiger charge is 2.08. The van der Waals surface area contributed by atoms with E-state index in [4.69, 9.17) is 10.4 Å². The smallest absolute Gasteiger partial charge is 0.0632 e. The minimum atomic E-state index is 0.698. The van der Waals surface area contributed by atoms with Crippen molar-refractivity contribution in [1.82, 2.24) is 10.0 Å². The lowest BCUT2D eigenvalue weighted by Gasteiger charge is -2.22. The van der Waals surface area contributed by atoms with Crippen LogP contribution in [-0.2, 0) is 26.2 Å². The number of benzene rings is 4. The first-order valence-corrected chi connectivity index (χ1v) is 10.9. The van der Waals surface area contributed by atoms with Crippen LogP contribution in [0.4, 0.5) is 0 Å². The van der Waals surface area contributed by atoms with Crippen molar-refractivity contribution in [2.75, 3.05) is 0 Å². The first-order chi connectivity index (χ1) is 15.8. The third-order valence-electron chi connectivity index (χ3n) is 5.12. The monoisotopic (exact) mass is 420 g/mol. The van der Waals surface area contributed by atoms with Crippen LogP contribution in [0.1, 0.15) is 22.3 Å². The summed E-state index contributed by atoms with van der Waals surface area (Å²) in [6, 6.07) is 41.6. The van der Waals surface area contributed by atoms with Crippen LogP contribution >= 0.6 is 0 Å². The first-order valence-electron chi connectivity index (χ1n) is 10.9. The van der Waals surface area contributed by atoms with Crippen LogP contribution in [0.5, 0.6) is 0 Å². The Hall–Kier alpha value is -3.92. The molecule has 0 radical (unpaired) electrons. The molecule has 0 spiro atoms. The normalized spacial score (nSPS) is 10.9. The molecule has 0 aliphatic heterocycles. The van der Waals surface area contributed by atoms with Gasteiger partial charge in [-0.25, -0.2) is 0 Å². The Morgan fingerprint density at radius 2 is 0.562 bits per heavy atom. The highest BCUT2D eigenvalue weighted by Crippen LogP contribution is 2.14. The SMILES string of the molecule is c1ccc(CN(Cc2ccccc2)N=NN(Cc2ccccc2)Cc2ccccc2)cc1. The topological polar surface area (TPSA) is 31.2 Å². The quantitative estimate of drug-likeness (QED) is 0.212.